The van der Waals surface area contributed by atoms with E-state index < -0.39 is 0 Å². The van der Waals surface area contributed by atoms with Crippen LogP contribution in [0.5, 0.6) is 5.75 Å². The molecule has 0 aliphatic heterocycles. The third-order valence-electron chi connectivity index (χ3n) is 2.44. The first kappa shape index (κ1) is 14.0. The first-order valence-electron chi connectivity index (χ1n) is 6.23. The largest absolute Gasteiger partial charge is 0.489 e. The maximum Gasteiger partial charge on any atom is 0.157 e. The molecule has 0 fully saturated rings. The van der Waals surface area contributed by atoms with Crippen molar-refractivity contribution in [3.63, 3.8) is 0 Å². The molecule has 17 heavy (non-hydrogen) atoms. The van der Waals surface area contributed by atoms with Gasteiger partial charge in [-0.3, -0.25) is 4.68 Å². The standard InChI is InChI=1S/C12H24N4O/c1-4-16-11-12(10-14-16)17-9-7-13-6-5-8-15(2)3/h10-11,13H,4-9H2,1-3H3. The minimum absolute atomic E-state index is 0.692. The molecule has 5 heteroatoms. The van der Waals surface area contributed by atoms with Crippen molar-refractivity contribution in [3.05, 3.63) is 12.4 Å². The number of hydrogen-bond donors (Lipinski definition) is 1. The molecule has 0 bridgehead atoms. The van der Waals surface area contributed by atoms with Gasteiger partial charge in [-0.15, -0.1) is 0 Å². The molecule has 0 saturated carbocycles. The average molecular weight is 240 g/mol. The van der Waals surface area contributed by atoms with Crippen LogP contribution in [0.15, 0.2) is 12.4 Å². The molecule has 0 amide bonds. The Labute approximate surface area is 104 Å². The van der Waals surface area contributed by atoms with Crippen molar-refractivity contribution >= 4 is 0 Å². The highest BCUT2D eigenvalue weighted by Crippen LogP contribution is 2.06. The summed E-state index contributed by atoms with van der Waals surface area (Å²) in [6, 6.07) is 0. The van der Waals surface area contributed by atoms with Crippen molar-refractivity contribution < 1.29 is 4.74 Å². The summed E-state index contributed by atoms with van der Waals surface area (Å²) >= 11 is 0. The van der Waals surface area contributed by atoms with Crippen molar-refractivity contribution in [1.82, 2.24) is 20.0 Å². The molecule has 0 aromatic carbocycles. The van der Waals surface area contributed by atoms with Gasteiger partial charge in [-0.1, -0.05) is 0 Å². The predicted octanol–water partition coefficient (Wildman–Crippen LogP) is 0.823. The normalized spacial score (nSPS) is 11.1. The Balaban J connectivity index is 1.97. The van der Waals surface area contributed by atoms with Gasteiger partial charge < -0.3 is 15.0 Å². The van der Waals surface area contributed by atoms with Crippen LogP contribution in [0.4, 0.5) is 0 Å². The maximum absolute atomic E-state index is 5.56. The molecule has 1 N–H and O–H groups in total. The van der Waals surface area contributed by atoms with Gasteiger partial charge in [0.1, 0.15) is 6.61 Å². The van der Waals surface area contributed by atoms with Crippen molar-refractivity contribution in [2.75, 3.05) is 40.3 Å². The number of ether oxygens (including phenoxy) is 1. The van der Waals surface area contributed by atoms with Gasteiger partial charge in [0.15, 0.2) is 5.75 Å². The quantitative estimate of drug-likeness (QED) is 0.649. The number of aryl methyl sites for hydroxylation is 1. The zero-order chi connectivity index (χ0) is 12.5. The van der Waals surface area contributed by atoms with E-state index in [4.69, 9.17) is 4.74 Å². The van der Waals surface area contributed by atoms with E-state index >= 15 is 0 Å². The summed E-state index contributed by atoms with van der Waals surface area (Å²) in [7, 11) is 4.18. The van der Waals surface area contributed by atoms with E-state index in [1.165, 1.54) is 6.42 Å². The SMILES string of the molecule is CCn1cc(OCCNCCCN(C)C)cn1. The minimum Gasteiger partial charge on any atom is -0.489 e. The van der Waals surface area contributed by atoms with Crippen molar-refractivity contribution in [2.24, 2.45) is 0 Å². The summed E-state index contributed by atoms with van der Waals surface area (Å²) in [4.78, 5) is 2.19. The molecule has 1 rings (SSSR count). The van der Waals surface area contributed by atoms with Gasteiger partial charge in [0.05, 0.1) is 12.4 Å². The monoisotopic (exact) mass is 240 g/mol. The molecule has 5 nitrogen and oxygen atoms in total. The molecule has 1 heterocycles. The van der Waals surface area contributed by atoms with E-state index in [0.29, 0.717) is 6.61 Å². The Kier molecular flexibility index (Phi) is 6.65. The zero-order valence-corrected chi connectivity index (χ0v) is 11.1. The van der Waals surface area contributed by atoms with E-state index in [9.17, 15) is 0 Å². The second kappa shape index (κ2) is 8.08. The summed E-state index contributed by atoms with van der Waals surface area (Å²) in [5.41, 5.74) is 0. The molecular weight excluding hydrogens is 216 g/mol. The summed E-state index contributed by atoms with van der Waals surface area (Å²) in [6.45, 7) is 6.67. The average Bonchev–Trinajstić information content (AvgIpc) is 2.75. The molecule has 0 aliphatic carbocycles. The highest BCUT2D eigenvalue weighted by Gasteiger charge is 1.97. The second-order valence-electron chi connectivity index (χ2n) is 4.29. The fourth-order valence-electron chi connectivity index (χ4n) is 1.48. The van der Waals surface area contributed by atoms with Gasteiger partial charge in [-0.2, -0.15) is 5.10 Å². The van der Waals surface area contributed by atoms with Crippen LogP contribution in [0.1, 0.15) is 13.3 Å². The fourth-order valence-corrected chi connectivity index (χ4v) is 1.48. The smallest absolute Gasteiger partial charge is 0.157 e. The fraction of sp³-hybridized carbons (Fsp3) is 0.750. The lowest BCUT2D eigenvalue weighted by molar-refractivity contribution is 0.311. The second-order valence-corrected chi connectivity index (χ2v) is 4.29. The number of rotatable bonds is 9. The summed E-state index contributed by atoms with van der Waals surface area (Å²) in [5, 5.41) is 7.50. The van der Waals surface area contributed by atoms with Crippen molar-refractivity contribution in [3.8, 4) is 5.75 Å². The maximum atomic E-state index is 5.56. The topological polar surface area (TPSA) is 42.3 Å². The van der Waals surface area contributed by atoms with E-state index in [1.807, 2.05) is 10.9 Å². The first-order chi connectivity index (χ1) is 8.22. The molecule has 0 atom stereocenters. The lowest BCUT2D eigenvalue weighted by Gasteiger charge is -2.09. The number of nitrogens with zero attached hydrogens (tertiary/aromatic N) is 3. The van der Waals surface area contributed by atoms with Gasteiger partial charge in [0, 0.05) is 13.1 Å². The van der Waals surface area contributed by atoms with Crippen molar-refractivity contribution in [1.29, 1.82) is 0 Å². The molecule has 1 aromatic heterocycles. The van der Waals surface area contributed by atoms with Gasteiger partial charge in [-0.25, -0.2) is 0 Å². The Hall–Kier alpha value is -1.07. The molecule has 0 unspecified atom stereocenters. The number of hydrogen-bond acceptors (Lipinski definition) is 4. The summed E-state index contributed by atoms with van der Waals surface area (Å²) < 4.78 is 7.42. The van der Waals surface area contributed by atoms with Gasteiger partial charge in [0.2, 0.25) is 0 Å². The number of aromatic nitrogens is 2. The lowest BCUT2D eigenvalue weighted by atomic mass is 10.4. The van der Waals surface area contributed by atoms with Crippen LogP contribution >= 0.6 is 0 Å². The Morgan fingerprint density at radius 1 is 1.41 bits per heavy atom. The molecule has 0 aliphatic rings. The first-order valence-corrected chi connectivity index (χ1v) is 6.23. The van der Waals surface area contributed by atoms with Crippen LogP contribution in [0.3, 0.4) is 0 Å². The predicted molar refractivity (Wildman–Crippen MR) is 69.4 cm³/mol. The number of nitrogens with one attached hydrogen (secondary N) is 1. The molecule has 1 aromatic rings. The Bertz CT molecular complexity index is 298. The molecular formula is C12H24N4O. The highest BCUT2D eigenvalue weighted by atomic mass is 16.5. The van der Waals surface area contributed by atoms with Gasteiger partial charge in [-0.05, 0) is 40.5 Å². The third kappa shape index (κ3) is 6.28. The van der Waals surface area contributed by atoms with Crippen LogP contribution in [0.25, 0.3) is 0 Å². The van der Waals surface area contributed by atoms with Crippen LogP contribution in [0, 0.1) is 0 Å². The van der Waals surface area contributed by atoms with Crippen LogP contribution in [-0.2, 0) is 6.54 Å². The summed E-state index contributed by atoms with van der Waals surface area (Å²) in [5.74, 6) is 0.849. The zero-order valence-electron chi connectivity index (χ0n) is 11.1. The van der Waals surface area contributed by atoms with Crippen LogP contribution < -0.4 is 10.1 Å². The highest BCUT2D eigenvalue weighted by molar-refractivity contribution is 5.11. The molecule has 0 saturated heterocycles. The summed E-state index contributed by atoms with van der Waals surface area (Å²) in [6.07, 6.45) is 4.85. The minimum atomic E-state index is 0.692. The Morgan fingerprint density at radius 3 is 2.88 bits per heavy atom. The Morgan fingerprint density at radius 2 is 2.24 bits per heavy atom. The van der Waals surface area contributed by atoms with Crippen LogP contribution in [0.2, 0.25) is 0 Å². The van der Waals surface area contributed by atoms with Gasteiger partial charge in [0.25, 0.3) is 0 Å². The van der Waals surface area contributed by atoms with E-state index in [2.05, 4.69) is 36.3 Å². The van der Waals surface area contributed by atoms with E-state index in [0.717, 1.165) is 31.9 Å². The van der Waals surface area contributed by atoms with Gasteiger partial charge >= 0.3 is 0 Å². The van der Waals surface area contributed by atoms with E-state index in [1.54, 1.807) is 6.20 Å². The molecule has 0 radical (unpaired) electrons. The molecule has 98 valence electrons. The van der Waals surface area contributed by atoms with E-state index in [-0.39, 0.29) is 0 Å². The third-order valence-corrected chi connectivity index (χ3v) is 2.44. The molecule has 0 spiro atoms. The van der Waals surface area contributed by atoms with Crippen molar-refractivity contribution in [2.45, 2.75) is 19.9 Å². The lowest BCUT2D eigenvalue weighted by Crippen LogP contribution is -2.25. The van der Waals surface area contributed by atoms with Crippen LogP contribution in [-0.4, -0.2) is 55.0 Å².